The average Bonchev–Trinajstić information content (AvgIpc) is 2.47. The second-order valence-electron chi connectivity index (χ2n) is 6.54. The van der Waals surface area contributed by atoms with E-state index in [9.17, 15) is 0 Å². The Morgan fingerprint density at radius 3 is 2.95 bits per heavy atom. The molecule has 0 aliphatic carbocycles. The maximum absolute atomic E-state index is 5.96. The van der Waals surface area contributed by atoms with E-state index in [0.29, 0.717) is 18.2 Å². The summed E-state index contributed by atoms with van der Waals surface area (Å²) in [6.07, 6.45) is 4.57. The van der Waals surface area contributed by atoms with Crippen LogP contribution in [0.25, 0.3) is 0 Å². The molecule has 3 aliphatic rings. The molecular weight excluding hydrogens is 238 g/mol. The zero-order valence-electron chi connectivity index (χ0n) is 12.5. The van der Waals surface area contributed by atoms with Crippen LogP contribution in [0.2, 0.25) is 0 Å². The minimum absolute atomic E-state index is 0.367. The quantitative estimate of drug-likeness (QED) is 0.805. The van der Waals surface area contributed by atoms with E-state index in [0.717, 1.165) is 25.7 Å². The van der Waals surface area contributed by atoms with Crippen LogP contribution in [0, 0.1) is 0 Å². The van der Waals surface area contributed by atoms with Gasteiger partial charge in [0.05, 0.1) is 12.7 Å². The Hall–Kier alpha value is -0.160. The number of hydrogen-bond acceptors (Lipinski definition) is 4. The number of nitrogens with zero attached hydrogens (tertiary/aromatic N) is 2. The van der Waals surface area contributed by atoms with Crippen molar-refractivity contribution in [2.24, 2.45) is 0 Å². The van der Waals surface area contributed by atoms with E-state index in [2.05, 4.69) is 29.0 Å². The van der Waals surface area contributed by atoms with Crippen molar-refractivity contribution in [1.82, 2.24) is 15.1 Å². The monoisotopic (exact) mass is 267 g/mol. The summed E-state index contributed by atoms with van der Waals surface area (Å²) in [5.74, 6) is 0. The molecule has 0 bridgehead atoms. The summed E-state index contributed by atoms with van der Waals surface area (Å²) in [5, 5.41) is 3.46. The standard InChI is InChI=1S/C15H29N3O/c1-12-10-17-7-4-3-5-14(17)11-18(12)13(2)15-9-16-6-8-19-15/h12-16H,3-11H2,1-2H3. The summed E-state index contributed by atoms with van der Waals surface area (Å²) in [6.45, 7) is 11.4. The smallest absolute Gasteiger partial charge is 0.0852 e. The van der Waals surface area contributed by atoms with Gasteiger partial charge < -0.3 is 10.1 Å². The van der Waals surface area contributed by atoms with Gasteiger partial charge >= 0.3 is 0 Å². The highest BCUT2D eigenvalue weighted by atomic mass is 16.5. The van der Waals surface area contributed by atoms with Crippen LogP contribution in [-0.2, 0) is 4.74 Å². The molecule has 0 spiro atoms. The number of ether oxygens (including phenoxy) is 1. The molecule has 1 N–H and O–H groups in total. The van der Waals surface area contributed by atoms with Crippen LogP contribution in [-0.4, -0.2) is 73.4 Å². The van der Waals surface area contributed by atoms with E-state index in [1.54, 1.807) is 0 Å². The lowest BCUT2D eigenvalue weighted by atomic mass is 9.95. The number of piperidine rings is 1. The first kappa shape index (κ1) is 13.8. The summed E-state index contributed by atoms with van der Waals surface area (Å²) < 4.78 is 5.96. The molecule has 0 radical (unpaired) electrons. The molecule has 3 fully saturated rings. The molecule has 3 heterocycles. The van der Waals surface area contributed by atoms with Crippen molar-refractivity contribution in [3.63, 3.8) is 0 Å². The Kier molecular flexibility index (Phi) is 4.42. The number of piperazine rings is 1. The molecule has 3 saturated heterocycles. The van der Waals surface area contributed by atoms with Crippen molar-refractivity contribution >= 4 is 0 Å². The normalized spacial score (nSPS) is 39.8. The first-order valence-corrected chi connectivity index (χ1v) is 8.08. The van der Waals surface area contributed by atoms with Gasteiger partial charge in [-0.25, -0.2) is 0 Å². The van der Waals surface area contributed by atoms with Crippen molar-refractivity contribution < 1.29 is 4.74 Å². The fourth-order valence-corrected chi connectivity index (χ4v) is 4.05. The lowest BCUT2D eigenvalue weighted by molar-refractivity contribution is -0.0691. The molecule has 3 rings (SSSR count). The van der Waals surface area contributed by atoms with Gasteiger partial charge in [-0.2, -0.15) is 0 Å². The molecule has 4 heteroatoms. The lowest BCUT2D eigenvalue weighted by Gasteiger charge is -2.51. The molecular formula is C15H29N3O. The average molecular weight is 267 g/mol. The second-order valence-corrected chi connectivity index (χ2v) is 6.54. The third-order valence-electron chi connectivity index (χ3n) is 5.25. The highest BCUT2D eigenvalue weighted by molar-refractivity contribution is 4.93. The Morgan fingerprint density at radius 2 is 2.16 bits per heavy atom. The summed E-state index contributed by atoms with van der Waals surface area (Å²) >= 11 is 0. The molecule has 4 atom stereocenters. The van der Waals surface area contributed by atoms with Gasteiger partial charge in [-0.1, -0.05) is 6.42 Å². The van der Waals surface area contributed by atoms with E-state index < -0.39 is 0 Å². The van der Waals surface area contributed by atoms with E-state index in [-0.39, 0.29) is 0 Å². The van der Waals surface area contributed by atoms with Gasteiger partial charge in [0, 0.05) is 44.3 Å². The predicted molar refractivity (Wildman–Crippen MR) is 77.5 cm³/mol. The van der Waals surface area contributed by atoms with Crippen LogP contribution in [0.4, 0.5) is 0 Å². The lowest BCUT2D eigenvalue weighted by Crippen LogP contribution is -2.63. The van der Waals surface area contributed by atoms with Gasteiger partial charge in [0.1, 0.15) is 0 Å². The van der Waals surface area contributed by atoms with Crippen LogP contribution in [0.15, 0.2) is 0 Å². The van der Waals surface area contributed by atoms with Gasteiger partial charge in [0.2, 0.25) is 0 Å². The number of morpholine rings is 1. The van der Waals surface area contributed by atoms with Crippen molar-refractivity contribution in [3.8, 4) is 0 Å². The molecule has 0 amide bonds. The van der Waals surface area contributed by atoms with E-state index in [1.165, 1.54) is 38.9 Å². The van der Waals surface area contributed by atoms with Crippen LogP contribution < -0.4 is 5.32 Å². The van der Waals surface area contributed by atoms with Crippen molar-refractivity contribution in [1.29, 1.82) is 0 Å². The maximum Gasteiger partial charge on any atom is 0.0852 e. The molecule has 19 heavy (non-hydrogen) atoms. The molecule has 0 aromatic rings. The van der Waals surface area contributed by atoms with Gasteiger partial charge in [-0.15, -0.1) is 0 Å². The van der Waals surface area contributed by atoms with E-state index in [1.807, 2.05) is 0 Å². The van der Waals surface area contributed by atoms with Crippen molar-refractivity contribution in [3.05, 3.63) is 0 Å². The van der Waals surface area contributed by atoms with E-state index >= 15 is 0 Å². The summed E-state index contributed by atoms with van der Waals surface area (Å²) in [6, 6.07) is 1.99. The predicted octanol–water partition coefficient (Wildman–Crippen LogP) is 0.922. The zero-order chi connectivity index (χ0) is 13.2. The minimum atomic E-state index is 0.367. The Morgan fingerprint density at radius 1 is 1.26 bits per heavy atom. The highest BCUT2D eigenvalue weighted by Gasteiger charge is 2.37. The summed E-state index contributed by atoms with van der Waals surface area (Å²) in [5.41, 5.74) is 0. The third-order valence-corrected chi connectivity index (χ3v) is 5.25. The zero-order valence-corrected chi connectivity index (χ0v) is 12.5. The summed E-state index contributed by atoms with van der Waals surface area (Å²) in [4.78, 5) is 5.42. The molecule has 0 aromatic heterocycles. The largest absolute Gasteiger partial charge is 0.374 e. The van der Waals surface area contributed by atoms with Crippen LogP contribution in [0.5, 0.6) is 0 Å². The fraction of sp³-hybridized carbons (Fsp3) is 1.00. The van der Waals surface area contributed by atoms with E-state index in [4.69, 9.17) is 4.74 Å². The molecule has 3 aliphatic heterocycles. The second kappa shape index (κ2) is 6.08. The van der Waals surface area contributed by atoms with Crippen LogP contribution >= 0.6 is 0 Å². The first-order chi connectivity index (χ1) is 9.25. The van der Waals surface area contributed by atoms with Gasteiger partial charge in [-0.05, 0) is 33.2 Å². The summed E-state index contributed by atoms with van der Waals surface area (Å²) in [7, 11) is 0. The molecule has 4 nitrogen and oxygen atoms in total. The van der Waals surface area contributed by atoms with Crippen LogP contribution in [0.3, 0.4) is 0 Å². The molecule has 110 valence electrons. The minimum Gasteiger partial charge on any atom is -0.374 e. The van der Waals surface area contributed by atoms with Gasteiger partial charge in [0.25, 0.3) is 0 Å². The van der Waals surface area contributed by atoms with Crippen LogP contribution in [0.1, 0.15) is 33.1 Å². The number of fused-ring (bicyclic) bond motifs is 1. The van der Waals surface area contributed by atoms with Gasteiger partial charge in [-0.3, -0.25) is 9.80 Å². The SMILES string of the molecule is CC1CN2CCCCC2CN1C(C)C1CNCCO1. The number of hydrogen-bond donors (Lipinski definition) is 1. The number of nitrogens with one attached hydrogen (secondary N) is 1. The van der Waals surface area contributed by atoms with Crippen molar-refractivity contribution in [2.75, 3.05) is 39.3 Å². The molecule has 0 saturated carbocycles. The Labute approximate surface area is 117 Å². The molecule has 0 aromatic carbocycles. The number of rotatable bonds is 2. The first-order valence-electron chi connectivity index (χ1n) is 8.08. The van der Waals surface area contributed by atoms with Crippen molar-refractivity contribution in [2.45, 2.75) is 57.3 Å². The Balaban J connectivity index is 1.62. The fourth-order valence-electron chi connectivity index (χ4n) is 4.05. The van der Waals surface area contributed by atoms with Gasteiger partial charge in [0.15, 0.2) is 0 Å². The molecule has 4 unspecified atom stereocenters. The topological polar surface area (TPSA) is 27.7 Å². The maximum atomic E-state index is 5.96. The Bertz CT molecular complexity index is 290. The third kappa shape index (κ3) is 2.97. The highest BCUT2D eigenvalue weighted by Crippen LogP contribution is 2.26.